The van der Waals surface area contributed by atoms with Crippen LogP contribution in [0.5, 0.6) is 5.75 Å². The highest BCUT2D eigenvalue weighted by Gasteiger charge is 2.29. The van der Waals surface area contributed by atoms with E-state index >= 15 is 0 Å². The Morgan fingerprint density at radius 1 is 0.882 bits per heavy atom. The second-order valence-corrected chi connectivity index (χ2v) is 8.27. The Kier molecular flexibility index (Phi) is 11.5. The zero-order valence-electron chi connectivity index (χ0n) is 19.1. The summed E-state index contributed by atoms with van der Waals surface area (Å²) in [6.45, 7) is 3.00. The third-order valence-corrected chi connectivity index (χ3v) is 4.77. The fraction of sp³-hybridized carbons (Fsp3) is 0.500. The second kappa shape index (κ2) is 13.8. The van der Waals surface area contributed by atoms with Crippen molar-refractivity contribution in [3.8, 4) is 5.75 Å². The summed E-state index contributed by atoms with van der Waals surface area (Å²) in [5, 5.41) is 34.3. The van der Waals surface area contributed by atoms with E-state index in [1.54, 1.807) is 12.1 Å². The van der Waals surface area contributed by atoms with Crippen molar-refractivity contribution in [3.05, 3.63) is 29.8 Å². The van der Waals surface area contributed by atoms with Gasteiger partial charge < -0.3 is 37.0 Å². The average molecular weight is 481 g/mol. The molecule has 0 spiro atoms. The topological polar surface area (TPSA) is 208 Å². The summed E-state index contributed by atoms with van der Waals surface area (Å²) in [5.74, 6) is -4.50. The third-order valence-electron chi connectivity index (χ3n) is 4.77. The van der Waals surface area contributed by atoms with E-state index < -0.39 is 54.3 Å². The molecule has 34 heavy (non-hydrogen) atoms. The van der Waals surface area contributed by atoms with Crippen LogP contribution < -0.4 is 21.7 Å². The fourth-order valence-corrected chi connectivity index (χ4v) is 3.03. The first-order chi connectivity index (χ1) is 15.9. The number of carbonyl (C=O) groups excluding carboxylic acids is 3. The van der Waals surface area contributed by atoms with Crippen LogP contribution in [0.4, 0.5) is 0 Å². The smallest absolute Gasteiger partial charge is 0.322 e. The van der Waals surface area contributed by atoms with Crippen LogP contribution in [0.15, 0.2) is 24.3 Å². The highest BCUT2D eigenvalue weighted by Crippen LogP contribution is 2.12. The van der Waals surface area contributed by atoms with Gasteiger partial charge in [-0.3, -0.25) is 24.0 Å². The van der Waals surface area contributed by atoms with Crippen molar-refractivity contribution in [1.29, 1.82) is 0 Å². The van der Waals surface area contributed by atoms with Crippen molar-refractivity contribution < 1.29 is 39.3 Å². The SMILES string of the molecule is CC(C)CC(NC(=O)C(N)CCC(=O)O)C(=O)NC(Cc1ccc(O)cc1)C(=O)NCC(=O)O. The Morgan fingerprint density at radius 3 is 2.00 bits per heavy atom. The number of hydrogen-bond donors (Lipinski definition) is 7. The maximum Gasteiger partial charge on any atom is 0.322 e. The molecule has 0 aliphatic carbocycles. The lowest BCUT2D eigenvalue weighted by atomic mass is 10.0. The molecule has 0 aliphatic heterocycles. The molecule has 1 rings (SSSR count). The van der Waals surface area contributed by atoms with Crippen LogP contribution in [0.1, 0.15) is 38.7 Å². The minimum absolute atomic E-state index is 0.00204. The zero-order valence-corrected chi connectivity index (χ0v) is 19.1. The van der Waals surface area contributed by atoms with Gasteiger partial charge in [0.15, 0.2) is 0 Å². The fourth-order valence-electron chi connectivity index (χ4n) is 3.03. The van der Waals surface area contributed by atoms with Crippen molar-refractivity contribution in [2.75, 3.05) is 6.54 Å². The molecular weight excluding hydrogens is 448 g/mol. The Bertz CT molecular complexity index is 872. The van der Waals surface area contributed by atoms with Gasteiger partial charge in [-0.1, -0.05) is 26.0 Å². The minimum atomic E-state index is -1.26. The normalized spacial score (nSPS) is 13.4. The largest absolute Gasteiger partial charge is 0.508 e. The standard InChI is InChI=1S/C22H32N4O8/c1-12(2)9-16(25-20(32)15(23)7-8-18(28)29)22(34)26-17(21(33)24-11-19(30)31)10-13-3-5-14(27)6-4-13/h3-6,12,15-17,27H,7-11,23H2,1-2H3,(H,24,33)(H,25,32)(H,26,34)(H,28,29)(H,30,31). The van der Waals surface area contributed by atoms with Crippen LogP contribution in [0.25, 0.3) is 0 Å². The maximum absolute atomic E-state index is 13.0. The van der Waals surface area contributed by atoms with E-state index in [-0.39, 0.29) is 37.4 Å². The minimum Gasteiger partial charge on any atom is -0.508 e. The number of carboxylic acids is 2. The molecule has 0 heterocycles. The summed E-state index contributed by atoms with van der Waals surface area (Å²) in [4.78, 5) is 59.5. The Morgan fingerprint density at radius 2 is 1.47 bits per heavy atom. The number of carbonyl (C=O) groups is 5. The summed E-state index contributed by atoms with van der Waals surface area (Å²) in [6, 6.07) is 2.56. The van der Waals surface area contributed by atoms with E-state index in [9.17, 15) is 29.1 Å². The molecule has 0 radical (unpaired) electrons. The van der Waals surface area contributed by atoms with Crippen molar-refractivity contribution in [1.82, 2.24) is 16.0 Å². The summed E-state index contributed by atoms with van der Waals surface area (Å²) in [5.41, 5.74) is 6.32. The molecule has 1 aromatic carbocycles. The maximum atomic E-state index is 13.0. The van der Waals surface area contributed by atoms with E-state index in [0.29, 0.717) is 5.56 Å². The van der Waals surface area contributed by atoms with Crippen LogP contribution in [-0.2, 0) is 30.4 Å². The lowest BCUT2D eigenvalue weighted by molar-refractivity contribution is -0.139. The number of aromatic hydroxyl groups is 1. The van der Waals surface area contributed by atoms with Crippen LogP contribution in [0.3, 0.4) is 0 Å². The Hall–Kier alpha value is -3.67. The first kappa shape index (κ1) is 28.4. The van der Waals surface area contributed by atoms with E-state index in [0.717, 1.165) is 0 Å². The first-order valence-corrected chi connectivity index (χ1v) is 10.7. The van der Waals surface area contributed by atoms with Crippen molar-refractivity contribution in [3.63, 3.8) is 0 Å². The molecule has 3 atom stereocenters. The summed E-state index contributed by atoms with van der Waals surface area (Å²) >= 11 is 0. The van der Waals surface area contributed by atoms with Gasteiger partial charge in [0.25, 0.3) is 0 Å². The van der Waals surface area contributed by atoms with Gasteiger partial charge >= 0.3 is 11.9 Å². The summed E-state index contributed by atoms with van der Waals surface area (Å²) in [7, 11) is 0. The van der Waals surface area contributed by atoms with Gasteiger partial charge in [-0.15, -0.1) is 0 Å². The van der Waals surface area contributed by atoms with Crippen molar-refractivity contribution in [2.45, 2.75) is 57.7 Å². The average Bonchev–Trinajstić information content (AvgIpc) is 2.75. The predicted octanol–water partition coefficient (Wildman–Crippen LogP) is -0.657. The quantitative estimate of drug-likeness (QED) is 0.180. The molecule has 0 aliphatic rings. The predicted molar refractivity (Wildman–Crippen MR) is 121 cm³/mol. The highest BCUT2D eigenvalue weighted by molar-refractivity contribution is 5.93. The molecule has 12 heteroatoms. The highest BCUT2D eigenvalue weighted by atomic mass is 16.4. The number of amides is 3. The number of aliphatic carboxylic acids is 2. The van der Waals surface area contributed by atoms with E-state index in [2.05, 4.69) is 16.0 Å². The lowest BCUT2D eigenvalue weighted by Crippen LogP contribution is -2.56. The molecule has 3 unspecified atom stereocenters. The van der Waals surface area contributed by atoms with Gasteiger partial charge in [0.1, 0.15) is 24.4 Å². The van der Waals surface area contributed by atoms with Crippen LogP contribution in [-0.4, -0.2) is 69.7 Å². The number of nitrogens with one attached hydrogen (secondary N) is 3. The zero-order chi connectivity index (χ0) is 25.8. The van der Waals surface area contributed by atoms with E-state index in [1.807, 2.05) is 13.8 Å². The number of phenolic OH excluding ortho intramolecular Hbond substituents is 1. The van der Waals surface area contributed by atoms with Crippen LogP contribution in [0, 0.1) is 5.92 Å². The van der Waals surface area contributed by atoms with Gasteiger partial charge in [-0.25, -0.2) is 0 Å². The van der Waals surface area contributed by atoms with Gasteiger partial charge in [0.05, 0.1) is 6.04 Å². The van der Waals surface area contributed by atoms with Gasteiger partial charge in [0.2, 0.25) is 17.7 Å². The molecule has 0 fully saturated rings. The van der Waals surface area contributed by atoms with Crippen molar-refractivity contribution >= 4 is 29.7 Å². The number of nitrogens with two attached hydrogens (primary N) is 1. The molecule has 0 aromatic heterocycles. The Balaban J connectivity index is 2.99. The molecule has 0 saturated heterocycles. The van der Waals surface area contributed by atoms with Crippen LogP contribution >= 0.6 is 0 Å². The van der Waals surface area contributed by atoms with E-state index in [1.165, 1.54) is 12.1 Å². The third kappa shape index (κ3) is 10.8. The van der Waals surface area contributed by atoms with E-state index in [4.69, 9.17) is 15.9 Å². The van der Waals surface area contributed by atoms with Gasteiger partial charge in [-0.05, 0) is 36.5 Å². The molecule has 12 nitrogen and oxygen atoms in total. The van der Waals surface area contributed by atoms with Gasteiger partial charge in [0, 0.05) is 12.8 Å². The number of benzene rings is 1. The lowest BCUT2D eigenvalue weighted by Gasteiger charge is -2.25. The van der Waals surface area contributed by atoms with Crippen LogP contribution in [0.2, 0.25) is 0 Å². The summed E-state index contributed by atoms with van der Waals surface area (Å²) in [6.07, 6.45) is -0.212. The summed E-state index contributed by atoms with van der Waals surface area (Å²) < 4.78 is 0. The molecule has 3 amide bonds. The molecule has 1 aromatic rings. The molecule has 0 bridgehead atoms. The molecule has 188 valence electrons. The van der Waals surface area contributed by atoms with Crippen molar-refractivity contribution in [2.24, 2.45) is 11.7 Å². The van der Waals surface area contributed by atoms with Gasteiger partial charge in [-0.2, -0.15) is 0 Å². The molecular formula is C22H32N4O8. The number of hydrogen-bond acceptors (Lipinski definition) is 7. The Labute approximate surface area is 196 Å². The number of rotatable bonds is 14. The molecule has 8 N–H and O–H groups in total. The number of carboxylic acid groups (broad SMARTS) is 2. The first-order valence-electron chi connectivity index (χ1n) is 10.7. The number of phenols is 1. The monoisotopic (exact) mass is 480 g/mol. The molecule has 0 saturated carbocycles. The second-order valence-electron chi connectivity index (χ2n) is 8.27.